The highest BCUT2D eigenvalue weighted by atomic mass is 32.1. The Bertz CT molecular complexity index is 791. The van der Waals surface area contributed by atoms with Gasteiger partial charge in [-0.05, 0) is 32.3 Å². The normalized spacial score (nSPS) is 16.8. The van der Waals surface area contributed by atoms with Crippen LogP contribution < -0.4 is 4.87 Å². The van der Waals surface area contributed by atoms with E-state index in [4.69, 9.17) is 4.74 Å². The molecule has 1 saturated heterocycles. The summed E-state index contributed by atoms with van der Waals surface area (Å²) in [7, 11) is 0. The first-order valence-electron chi connectivity index (χ1n) is 9.14. The fourth-order valence-corrected chi connectivity index (χ4v) is 4.16. The summed E-state index contributed by atoms with van der Waals surface area (Å²) < 4.78 is 7.44. The molecule has 5 nitrogen and oxygen atoms in total. The molecule has 0 radical (unpaired) electrons. The smallest absolute Gasteiger partial charge is 0.307 e. The van der Waals surface area contributed by atoms with Gasteiger partial charge in [0.1, 0.15) is 0 Å². The lowest BCUT2D eigenvalue weighted by Crippen LogP contribution is -2.37. The van der Waals surface area contributed by atoms with Crippen molar-refractivity contribution in [3.05, 3.63) is 56.1 Å². The Balaban J connectivity index is 1.68. The molecule has 0 aliphatic carbocycles. The summed E-state index contributed by atoms with van der Waals surface area (Å²) in [5.74, 6) is 0.0690. The van der Waals surface area contributed by atoms with Crippen LogP contribution in [0.2, 0.25) is 0 Å². The molecule has 3 rings (SSSR count). The van der Waals surface area contributed by atoms with E-state index < -0.39 is 0 Å². The Labute approximate surface area is 158 Å². The number of aryl methyl sites for hydroxylation is 1. The second-order valence-electron chi connectivity index (χ2n) is 6.81. The number of amides is 1. The van der Waals surface area contributed by atoms with E-state index in [1.54, 1.807) is 4.57 Å². The molecule has 1 aromatic heterocycles. The molecule has 6 heteroatoms. The minimum atomic E-state index is 0.0153. The monoisotopic (exact) mass is 374 g/mol. The van der Waals surface area contributed by atoms with Gasteiger partial charge in [-0.15, -0.1) is 0 Å². The van der Waals surface area contributed by atoms with E-state index >= 15 is 0 Å². The summed E-state index contributed by atoms with van der Waals surface area (Å²) in [6.07, 6.45) is 2.51. The van der Waals surface area contributed by atoms with Crippen molar-refractivity contribution in [3.8, 4) is 0 Å². The van der Waals surface area contributed by atoms with Gasteiger partial charge in [-0.1, -0.05) is 41.7 Å². The molecule has 1 aliphatic heterocycles. The van der Waals surface area contributed by atoms with Gasteiger partial charge < -0.3 is 14.2 Å². The first-order chi connectivity index (χ1) is 12.5. The number of carbonyl (C=O) groups is 1. The lowest BCUT2D eigenvalue weighted by molar-refractivity contribution is -0.133. The minimum Gasteiger partial charge on any atom is -0.376 e. The highest BCUT2D eigenvalue weighted by Crippen LogP contribution is 2.17. The van der Waals surface area contributed by atoms with Crippen LogP contribution in [0.3, 0.4) is 0 Å². The van der Waals surface area contributed by atoms with Gasteiger partial charge in [-0.3, -0.25) is 9.59 Å². The maximum Gasteiger partial charge on any atom is 0.307 e. The number of benzene rings is 1. The van der Waals surface area contributed by atoms with Crippen LogP contribution in [0.1, 0.15) is 35.4 Å². The number of hydrogen-bond donors (Lipinski definition) is 0. The molecule has 2 heterocycles. The summed E-state index contributed by atoms with van der Waals surface area (Å²) in [6, 6.07) is 10.0. The molecule has 0 N–H and O–H groups in total. The Hall–Kier alpha value is -1.92. The molecule has 0 spiro atoms. The number of carbonyl (C=O) groups excluding carboxylic acids is 1. The Morgan fingerprint density at radius 3 is 2.69 bits per heavy atom. The van der Waals surface area contributed by atoms with Crippen molar-refractivity contribution in [2.75, 3.05) is 13.2 Å². The van der Waals surface area contributed by atoms with E-state index in [-0.39, 0.29) is 16.9 Å². The summed E-state index contributed by atoms with van der Waals surface area (Å²) in [5, 5.41) is 0. The molecule has 0 unspecified atom stereocenters. The van der Waals surface area contributed by atoms with Crippen LogP contribution in [-0.4, -0.2) is 34.6 Å². The van der Waals surface area contributed by atoms with Crippen LogP contribution in [0.5, 0.6) is 0 Å². The van der Waals surface area contributed by atoms with E-state index in [9.17, 15) is 9.59 Å². The largest absolute Gasteiger partial charge is 0.376 e. The molecule has 1 amide bonds. The molecule has 1 atom stereocenters. The number of thiazole rings is 1. The fraction of sp³-hybridized carbons (Fsp3) is 0.500. The van der Waals surface area contributed by atoms with Crippen molar-refractivity contribution in [1.82, 2.24) is 9.47 Å². The minimum absolute atomic E-state index is 0.0153. The van der Waals surface area contributed by atoms with Gasteiger partial charge in [0.25, 0.3) is 0 Å². The molecule has 0 bridgehead atoms. The van der Waals surface area contributed by atoms with Crippen molar-refractivity contribution < 1.29 is 9.53 Å². The van der Waals surface area contributed by atoms with Gasteiger partial charge in [0.05, 0.1) is 6.10 Å². The summed E-state index contributed by atoms with van der Waals surface area (Å²) >= 11 is 1.25. The van der Waals surface area contributed by atoms with Crippen molar-refractivity contribution in [2.24, 2.45) is 0 Å². The third-order valence-electron chi connectivity index (χ3n) is 4.94. The first kappa shape index (κ1) is 18.9. The van der Waals surface area contributed by atoms with Gasteiger partial charge in [-0.25, -0.2) is 0 Å². The van der Waals surface area contributed by atoms with Crippen molar-refractivity contribution in [1.29, 1.82) is 0 Å². The summed E-state index contributed by atoms with van der Waals surface area (Å²) in [4.78, 5) is 27.9. The fourth-order valence-electron chi connectivity index (χ4n) is 3.30. The molecule has 140 valence electrons. The summed E-state index contributed by atoms with van der Waals surface area (Å²) in [5.41, 5.74) is 2.07. The molecular formula is C20H26N2O3S. The van der Waals surface area contributed by atoms with Crippen LogP contribution in [0.15, 0.2) is 35.1 Å². The number of rotatable bonds is 7. The average Bonchev–Trinajstić information content (AvgIpc) is 3.22. The number of hydrogen-bond acceptors (Lipinski definition) is 4. The quantitative estimate of drug-likeness (QED) is 0.748. The maximum atomic E-state index is 12.9. The van der Waals surface area contributed by atoms with Gasteiger partial charge in [0.15, 0.2) is 0 Å². The Kier molecular flexibility index (Phi) is 6.27. The topological polar surface area (TPSA) is 51.5 Å². The van der Waals surface area contributed by atoms with Crippen LogP contribution >= 0.6 is 11.3 Å². The van der Waals surface area contributed by atoms with Crippen molar-refractivity contribution in [3.63, 3.8) is 0 Å². The van der Waals surface area contributed by atoms with Gasteiger partial charge in [0.2, 0.25) is 5.91 Å². The van der Waals surface area contributed by atoms with E-state index in [2.05, 4.69) is 0 Å². The zero-order chi connectivity index (χ0) is 18.5. The van der Waals surface area contributed by atoms with Crippen LogP contribution in [0.4, 0.5) is 0 Å². The zero-order valence-electron chi connectivity index (χ0n) is 15.4. The summed E-state index contributed by atoms with van der Waals surface area (Å²) in [6.45, 7) is 6.29. The van der Waals surface area contributed by atoms with Gasteiger partial charge >= 0.3 is 4.87 Å². The van der Waals surface area contributed by atoms with E-state index in [1.807, 2.05) is 49.1 Å². The molecule has 1 aliphatic rings. The third-order valence-corrected chi connectivity index (χ3v) is 5.94. The Morgan fingerprint density at radius 2 is 2.08 bits per heavy atom. The van der Waals surface area contributed by atoms with Crippen LogP contribution in [0.25, 0.3) is 0 Å². The SMILES string of the molecule is Cc1sc(=O)n(CCC(=O)N(Cc2ccccc2)C[C@@H]2CCCO2)c1C. The van der Waals surface area contributed by atoms with Crippen molar-refractivity contribution in [2.45, 2.75) is 52.3 Å². The molecule has 1 fully saturated rings. The van der Waals surface area contributed by atoms with Crippen LogP contribution in [-0.2, 0) is 22.6 Å². The van der Waals surface area contributed by atoms with E-state index in [0.29, 0.717) is 26.1 Å². The number of nitrogens with zero attached hydrogens (tertiary/aromatic N) is 2. The maximum absolute atomic E-state index is 12.9. The predicted octanol–water partition coefficient (Wildman–Crippen LogP) is 3.12. The second-order valence-corrected chi connectivity index (χ2v) is 7.97. The molecular weight excluding hydrogens is 348 g/mol. The lowest BCUT2D eigenvalue weighted by Gasteiger charge is -2.26. The molecule has 1 aromatic carbocycles. The van der Waals surface area contributed by atoms with Gasteiger partial charge in [-0.2, -0.15) is 0 Å². The standard InChI is InChI=1S/C20H26N2O3S/c1-15-16(2)26-20(24)22(15)11-10-19(23)21(14-18-9-6-12-25-18)13-17-7-4-3-5-8-17/h3-5,7-8,18H,6,9-14H2,1-2H3/t18-/m0/s1. The molecule has 26 heavy (non-hydrogen) atoms. The first-order valence-corrected chi connectivity index (χ1v) is 9.96. The highest BCUT2D eigenvalue weighted by Gasteiger charge is 2.23. The number of aromatic nitrogens is 1. The molecule has 2 aromatic rings. The zero-order valence-corrected chi connectivity index (χ0v) is 16.3. The Morgan fingerprint density at radius 1 is 1.31 bits per heavy atom. The number of ether oxygens (including phenoxy) is 1. The van der Waals surface area contributed by atoms with Gasteiger partial charge in [0, 0.05) is 43.2 Å². The van der Waals surface area contributed by atoms with E-state index in [0.717, 1.165) is 35.6 Å². The average molecular weight is 375 g/mol. The lowest BCUT2D eigenvalue weighted by atomic mass is 10.1. The highest BCUT2D eigenvalue weighted by molar-refractivity contribution is 7.09. The second kappa shape index (κ2) is 8.64. The van der Waals surface area contributed by atoms with E-state index in [1.165, 1.54) is 11.3 Å². The predicted molar refractivity (Wildman–Crippen MR) is 104 cm³/mol. The molecule has 0 saturated carbocycles. The third kappa shape index (κ3) is 4.62. The van der Waals surface area contributed by atoms with Crippen molar-refractivity contribution >= 4 is 17.2 Å². The van der Waals surface area contributed by atoms with Crippen LogP contribution in [0, 0.1) is 13.8 Å².